The van der Waals surface area contributed by atoms with Crippen LogP contribution < -0.4 is 0 Å². The standard InChI is InChI=1S/C57H56O15.C15H26O6/c1-2-57(36-67-30-42(58)33-70-54(64)48-27-15-12-24-45(48)51(61)39-18-6-3-7-19-39,37-68-31-43(59)34-71-55(65)49-28-16-13-25-46(49)52(62)40-20-8-4-9-21-40)38-69-32-44(60)35-72-56(66)50-29-17-14-26-47(50)53(63)41-22-10-5-11-23-41;1-2-15(9-16-3-12-6-19-12,10-17-4-13-7-20-13)11-18-5-14-8-21-14/h3-29,42-44,58-60H,2,30-38H2,1H3;12-14H,2-11H2,1H3. The van der Waals surface area contributed by atoms with E-state index in [4.69, 9.17) is 56.8 Å². The van der Waals surface area contributed by atoms with Crippen LogP contribution in [0.2, 0.25) is 0 Å². The summed E-state index contributed by atoms with van der Waals surface area (Å²) in [6.07, 6.45) is -1.71. The molecule has 9 rings (SSSR count). The number of carbonyl (C=O) groups excluding carboxylic acids is 6. The van der Waals surface area contributed by atoms with Gasteiger partial charge >= 0.3 is 17.9 Å². The van der Waals surface area contributed by atoms with Gasteiger partial charge in [0.15, 0.2) is 17.3 Å². The Balaban J connectivity index is 0.000000443. The van der Waals surface area contributed by atoms with Crippen molar-refractivity contribution in [1.82, 2.24) is 0 Å². The van der Waals surface area contributed by atoms with Gasteiger partial charge in [0.2, 0.25) is 0 Å². The lowest BCUT2D eigenvalue weighted by atomic mass is 9.88. The van der Waals surface area contributed by atoms with Gasteiger partial charge in [-0.2, -0.15) is 0 Å². The third-order valence-electron chi connectivity index (χ3n) is 15.5. The topological polar surface area (TPSA) is 284 Å². The Kier molecular flexibility index (Phi) is 28.0. The second kappa shape index (κ2) is 36.6. The van der Waals surface area contributed by atoms with E-state index in [1.807, 2.05) is 6.92 Å². The maximum atomic E-state index is 13.2. The molecule has 0 spiro atoms. The van der Waals surface area contributed by atoms with E-state index in [0.29, 0.717) is 81.1 Å². The van der Waals surface area contributed by atoms with Crippen molar-refractivity contribution in [3.63, 3.8) is 0 Å². The lowest BCUT2D eigenvalue weighted by Gasteiger charge is -2.33. The smallest absolute Gasteiger partial charge is 0.338 e. The van der Waals surface area contributed by atoms with E-state index < -0.39 is 61.5 Å². The fourth-order valence-corrected chi connectivity index (χ4v) is 9.52. The van der Waals surface area contributed by atoms with E-state index in [-0.39, 0.29) is 95.8 Å². The lowest BCUT2D eigenvalue weighted by Crippen LogP contribution is -2.40. The van der Waals surface area contributed by atoms with Gasteiger partial charge in [-0.1, -0.05) is 159 Å². The van der Waals surface area contributed by atoms with Crippen LogP contribution in [-0.2, 0) is 56.8 Å². The van der Waals surface area contributed by atoms with Crippen molar-refractivity contribution in [2.24, 2.45) is 10.8 Å². The molecule has 21 heteroatoms. The van der Waals surface area contributed by atoms with Gasteiger partial charge in [0.1, 0.15) is 56.4 Å². The molecule has 3 heterocycles. The molecular weight excluding hydrogens is 1200 g/mol. The molecule has 6 aromatic rings. The highest BCUT2D eigenvalue weighted by molar-refractivity contribution is 6.16. The minimum Gasteiger partial charge on any atom is -0.459 e. The van der Waals surface area contributed by atoms with E-state index in [9.17, 15) is 44.1 Å². The van der Waals surface area contributed by atoms with Crippen molar-refractivity contribution < 1.29 is 101 Å². The van der Waals surface area contributed by atoms with Gasteiger partial charge in [-0.15, -0.1) is 0 Å². The minimum absolute atomic E-state index is 0.0265. The summed E-state index contributed by atoms with van der Waals surface area (Å²) in [6.45, 7) is 7.74. The van der Waals surface area contributed by atoms with Crippen molar-refractivity contribution >= 4 is 35.3 Å². The van der Waals surface area contributed by atoms with E-state index in [1.54, 1.807) is 127 Å². The summed E-state index contributed by atoms with van der Waals surface area (Å²) in [5, 5.41) is 32.5. The number of benzene rings is 6. The molecule has 0 amide bonds. The zero-order valence-electron chi connectivity index (χ0n) is 52.4. The first-order chi connectivity index (χ1) is 45.2. The van der Waals surface area contributed by atoms with E-state index >= 15 is 0 Å². The predicted molar refractivity (Wildman–Crippen MR) is 337 cm³/mol. The predicted octanol–water partition coefficient (Wildman–Crippen LogP) is 7.41. The maximum Gasteiger partial charge on any atom is 0.338 e. The number of hydrogen-bond donors (Lipinski definition) is 3. The van der Waals surface area contributed by atoms with Crippen molar-refractivity contribution in [2.75, 3.05) is 119 Å². The molecule has 6 atom stereocenters. The van der Waals surface area contributed by atoms with Crippen LogP contribution in [0.4, 0.5) is 0 Å². The number of esters is 3. The second-order valence-electron chi connectivity index (χ2n) is 23.1. The number of aliphatic hydroxyl groups excluding tert-OH is 3. The molecule has 93 heavy (non-hydrogen) atoms. The molecule has 3 aliphatic heterocycles. The second-order valence-corrected chi connectivity index (χ2v) is 23.1. The van der Waals surface area contributed by atoms with Gasteiger partial charge in [0.25, 0.3) is 0 Å². The Labute approximate surface area is 541 Å². The highest BCUT2D eigenvalue weighted by Crippen LogP contribution is 2.28. The fraction of sp³-hybridized carbons (Fsp3) is 0.417. The highest BCUT2D eigenvalue weighted by Gasteiger charge is 2.35. The Morgan fingerprint density at radius 1 is 0.355 bits per heavy atom. The summed E-state index contributed by atoms with van der Waals surface area (Å²) in [6, 6.07) is 44.0. The summed E-state index contributed by atoms with van der Waals surface area (Å²) in [7, 11) is 0. The number of aliphatic hydroxyl groups is 3. The minimum atomic E-state index is -1.29. The summed E-state index contributed by atoms with van der Waals surface area (Å²) < 4.78 is 66.9. The molecule has 3 aliphatic rings. The van der Waals surface area contributed by atoms with Crippen LogP contribution in [0.5, 0.6) is 0 Å². The molecule has 3 fully saturated rings. The fourth-order valence-electron chi connectivity index (χ4n) is 9.52. The normalized spacial score (nSPS) is 17.6. The van der Waals surface area contributed by atoms with Crippen LogP contribution in [0.1, 0.15) is 106 Å². The van der Waals surface area contributed by atoms with E-state index in [1.165, 1.54) is 36.4 Å². The molecule has 0 saturated carbocycles. The SMILES string of the molecule is CCC(COCC(O)COC(=O)c1ccccc1C(=O)c1ccccc1)(COCC(O)COC(=O)c1ccccc1C(=O)c1ccccc1)COCC(O)COC(=O)c1ccccc1C(=O)c1ccccc1.CCC(COCC1CO1)(COCC1CO1)COCC1CO1. The van der Waals surface area contributed by atoms with Crippen molar-refractivity contribution in [3.05, 3.63) is 214 Å². The largest absolute Gasteiger partial charge is 0.459 e. The first kappa shape index (κ1) is 71.1. The number of hydrogen-bond acceptors (Lipinski definition) is 21. The number of rotatable bonds is 41. The molecule has 6 unspecified atom stereocenters. The summed E-state index contributed by atoms with van der Waals surface area (Å²) >= 11 is 0. The van der Waals surface area contributed by atoms with Gasteiger partial charge in [0, 0.05) is 44.2 Å². The molecule has 0 aromatic heterocycles. The van der Waals surface area contributed by atoms with Crippen LogP contribution in [0.15, 0.2) is 164 Å². The molecule has 21 nitrogen and oxygen atoms in total. The van der Waals surface area contributed by atoms with Crippen LogP contribution in [0.25, 0.3) is 0 Å². The Morgan fingerprint density at radius 2 is 0.581 bits per heavy atom. The van der Waals surface area contributed by atoms with Crippen molar-refractivity contribution in [1.29, 1.82) is 0 Å². The number of carbonyl (C=O) groups is 6. The molecular formula is C72H82O21. The first-order valence-electron chi connectivity index (χ1n) is 31.1. The Morgan fingerprint density at radius 3 is 0.817 bits per heavy atom. The van der Waals surface area contributed by atoms with Crippen molar-refractivity contribution in [2.45, 2.75) is 63.3 Å². The lowest BCUT2D eigenvalue weighted by molar-refractivity contribution is -0.108. The summed E-state index contributed by atoms with van der Waals surface area (Å²) in [4.78, 5) is 79.0. The average Bonchev–Trinajstić information content (AvgIpc) is 1.96. The maximum absolute atomic E-state index is 13.2. The third kappa shape index (κ3) is 23.1. The molecule has 3 saturated heterocycles. The van der Waals surface area contributed by atoms with Gasteiger partial charge < -0.3 is 72.2 Å². The van der Waals surface area contributed by atoms with Crippen LogP contribution in [0.3, 0.4) is 0 Å². The number of ketones is 3. The molecule has 3 N–H and O–H groups in total. The van der Waals surface area contributed by atoms with Gasteiger partial charge in [-0.25, -0.2) is 14.4 Å². The zero-order valence-corrected chi connectivity index (χ0v) is 52.4. The van der Waals surface area contributed by atoms with E-state index in [0.717, 1.165) is 26.2 Å². The zero-order chi connectivity index (χ0) is 65.8. The molecule has 0 aliphatic carbocycles. The van der Waals surface area contributed by atoms with Gasteiger partial charge in [0.05, 0.1) is 116 Å². The van der Waals surface area contributed by atoms with Crippen LogP contribution in [-0.4, -0.2) is 206 Å². The molecule has 0 bridgehead atoms. The van der Waals surface area contributed by atoms with Crippen molar-refractivity contribution in [3.8, 4) is 0 Å². The van der Waals surface area contributed by atoms with Gasteiger partial charge in [-0.05, 0) is 31.0 Å². The Hall–Kier alpha value is -7.74. The summed E-state index contributed by atoms with van der Waals surface area (Å²) in [5.74, 6) is -3.56. The molecule has 496 valence electrons. The Bertz CT molecular complexity index is 2970. The highest BCUT2D eigenvalue weighted by atomic mass is 16.6. The molecule has 0 radical (unpaired) electrons. The van der Waals surface area contributed by atoms with Crippen LogP contribution >= 0.6 is 0 Å². The number of epoxide rings is 3. The van der Waals surface area contributed by atoms with E-state index in [2.05, 4.69) is 6.92 Å². The third-order valence-corrected chi connectivity index (χ3v) is 15.5. The summed E-state index contributed by atoms with van der Waals surface area (Å²) in [5.41, 5.74) is 0.584. The average molecular weight is 1280 g/mol. The van der Waals surface area contributed by atoms with Gasteiger partial charge in [-0.3, -0.25) is 14.4 Å². The van der Waals surface area contributed by atoms with Crippen LogP contribution in [0, 0.1) is 10.8 Å². The quantitative estimate of drug-likeness (QED) is 0.0146. The first-order valence-corrected chi connectivity index (χ1v) is 31.1. The monoisotopic (exact) mass is 1280 g/mol. The number of ether oxygens (including phenoxy) is 12. The molecule has 6 aromatic carbocycles.